The zero-order valence-electron chi connectivity index (χ0n) is 10.6. The van der Waals surface area contributed by atoms with Crippen molar-refractivity contribution in [2.45, 2.75) is 54.5 Å². The van der Waals surface area contributed by atoms with Crippen LogP contribution in [0.3, 0.4) is 0 Å². The lowest BCUT2D eigenvalue weighted by atomic mass is 9.73. The van der Waals surface area contributed by atoms with Gasteiger partial charge in [0.2, 0.25) is 5.91 Å². The molecule has 84 valence electrons. The molecule has 0 fully saturated rings. The van der Waals surface area contributed by atoms with E-state index in [0.29, 0.717) is 5.92 Å². The van der Waals surface area contributed by atoms with Crippen molar-refractivity contribution in [2.75, 3.05) is 0 Å². The summed E-state index contributed by atoms with van der Waals surface area (Å²) >= 11 is 0. The summed E-state index contributed by atoms with van der Waals surface area (Å²) in [5.74, 6) is 0.654. The number of rotatable bonds is 3. The Morgan fingerprint density at radius 3 is 1.71 bits per heavy atom. The van der Waals surface area contributed by atoms with E-state index >= 15 is 0 Å². The van der Waals surface area contributed by atoms with Gasteiger partial charge < -0.3 is 5.32 Å². The van der Waals surface area contributed by atoms with Crippen molar-refractivity contribution in [1.29, 1.82) is 0 Å². The first kappa shape index (κ1) is 13.5. The second kappa shape index (κ2) is 4.81. The predicted octanol–water partition coefficient (Wildman–Crippen LogP) is 2.83. The average Bonchev–Trinajstić information content (AvgIpc) is 1.78. The van der Waals surface area contributed by atoms with Crippen molar-refractivity contribution in [3.8, 4) is 0 Å². The summed E-state index contributed by atoms with van der Waals surface area (Å²) in [6.07, 6.45) is 0. The highest BCUT2D eigenvalue weighted by Crippen LogP contribution is 2.32. The van der Waals surface area contributed by atoms with Gasteiger partial charge in [-0.15, -0.1) is 0 Å². The van der Waals surface area contributed by atoms with Crippen LogP contribution in [0.1, 0.15) is 48.5 Å². The molecule has 0 aliphatic carbocycles. The molecule has 2 heteroatoms. The van der Waals surface area contributed by atoms with Crippen molar-refractivity contribution in [1.82, 2.24) is 5.32 Å². The number of amides is 1. The van der Waals surface area contributed by atoms with E-state index < -0.39 is 0 Å². The highest BCUT2D eigenvalue weighted by Gasteiger charge is 2.33. The molecule has 0 aromatic carbocycles. The first-order chi connectivity index (χ1) is 6.16. The van der Waals surface area contributed by atoms with Gasteiger partial charge in [-0.3, -0.25) is 4.79 Å². The SMILES string of the molecule is CC(C)NC(=O)C(C(C)C)C(C)(C)C. The molecule has 1 atom stereocenters. The highest BCUT2D eigenvalue weighted by atomic mass is 16.2. The third kappa shape index (κ3) is 4.12. The molecule has 0 rings (SSSR count). The lowest BCUT2D eigenvalue weighted by Crippen LogP contribution is -2.43. The predicted molar refractivity (Wildman–Crippen MR) is 61.1 cm³/mol. The van der Waals surface area contributed by atoms with Crippen LogP contribution in [0.5, 0.6) is 0 Å². The molecule has 1 unspecified atom stereocenters. The number of nitrogens with one attached hydrogen (secondary N) is 1. The lowest BCUT2D eigenvalue weighted by molar-refractivity contribution is -0.130. The van der Waals surface area contributed by atoms with Crippen molar-refractivity contribution in [3.63, 3.8) is 0 Å². The number of carbonyl (C=O) groups excluding carboxylic acids is 1. The van der Waals surface area contributed by atoms with Gasteiger partial charge in [0.05, 0.1) is 0 Å². The summed E-state index contributed by atoms with van der Waals surface area (Å²) in [6.45, 7) is 14.6. The topological polar surface area (TPSA) is 29.1 Å². The van der Waals surface area contributed by atoms with Crippen molar-refractivity contribution in [2.24, 2.45) is 17.3 Å². The largest absolute Gasteiger partial charge is 0.354 e. The monoisotopic (exact) mass is 199 g/mol. The number of hydrogen-bond acceptors (Lipinski definition) is 1. The molecule has 14 heavy (non-hydrogen) atoms. The van der Waals surface area contributed by atoms with E-state index in [1.165, 1.54) is 0 Å². The number of hydrogen-bond donors (Lipinski definition) is 1. The van der Waals surface area contributed by atoms with Crippen LogP contribution in [0.2, 0.25) is 0 Å². The smallest absolute Gasteiger partial charge is 0.224 e. The third-order valence-corrected chi connectivity index (χ3v) is 2.31. The maximum absolute atomic E-state index is 11.9. The molecule has 0 saturated carbocycles. The Kier molecular flexibility index (Phi) is 4.63. The van der Waals surface area contributed by atoms with E-state index in [2.05, 4.69) is 39.9 Å². The van der Waals surface area contributed by atoms with Gasteiger partial charge >= 0.3 is 0 Å². The lowest BCUT2D eigenvalue weighted by Gasteiger charge is -2.33. The molecule has 0 spiro atoms. The molecule has 0 aromatic heterocycles. The van der Waals surface area contributed by atoms with Gasteiger partial charge in [0, 0.05) is 12.0 Å². The van der Waals surface area contributed by atoms with Gasteiger partial charge in [-0.2, -0.15) is 0 Å². The summed E-state index contributed by atoms with van der Waals surface area (Å²) < 4.78 is 0. The second-order valence-electron chi connectivity index (χ2n) is 5.75. The van der Waals surface area contributed by atoms with E-state index in [0.717, 1.165) is 0 Å². The van der Waals surface area contributed by atoms with Gasteiger partial charge in [-0.1, -0.05) is 34.6 Å². The van der Waals surface area contributed by atoms with E-state index in [1.807, 2.05) is 13.8 Å². The minimum atomic E-state index is 0.0349. The molecule has 2 nitrogen and oxygen atoms in total. The van der Waals surface area contributed by atoms with Gasteiger partial charge in [-0.05, 0) is 25.2 Å². The van der Waals surface area contributed by atoms with Crippen LogP contribution >= 0.6 is 0 Å². The van der Waals surface area contributed by atoms with Gasteiger partial charge in [0.15, 0.2) is 0 Å². The average molecular weight is 199 g/mol. The fraction of sp³-hybridized carbons (Fsp3) is 0.917. The maximum Gasteiger partial charge on any atom is 0.224 e. The fourth-order valence-electron chi connectivity index (χ4n) is 2.07. The maximum atomic E-state index is 11.9. The summed E-state index contributed by atoms with van der Waals surface area (Å²) in [7, 11) is 0. The minimum Gasteiger partial charge on any atom is -0.354 e. The Bertz CT molecular complexity index is 189. The summed E-state index contributed by atoms with van der Waals surface area (Å²) in [4.78, 5) is 11.9. The van der Waals surface area contributed by atoms with Crippen molar-refractivity contribution in [3.05, 3.63) is 0 Å². The molecule has 0 saturated heterocycles. The minimum absolute atomic E-state index is 0.0349. The molecule has 0 heterocycles. The van der Waals surface area contributed by atoms with Crippen LogP contribution in [-0.4, -0.2) is 11.9 Å². The van der Waals surface area contributed by atoms with Crippen molar-refractivity contribution < 1.29 is 4.79 Å². The summed E-state index contributed by atoms with van der Waals surface area (Å²) in [5.41, 5.74) is 0.0349. The Morgan fingerprint density at radius 2 is 1.50 bits per heavy atom. The van der Waals surface area contributed by atoms with Gasteiger partial charge in [0.1, 0.15) is 0 Å². The van der Waals surface area contributed by atoms with Gasteiger partial charge in [0.25, 0.3) is 0 Å². The first-order valence-corrected chi connectivity index (χ1v) is 5.46. The van der Waals surface area contributed by atoms with Crippen molar-refractivity contribution >= 4 is 5.91 Å². The van der Waals surface area contributed by atoms with E-state index in [1.54, 1.807) is 0 Å². The molecule has 0 aliphatic heterocycles. The molecule has 1 N–H and O–H groups in total. The normalized spacial score (nSPS) is 14.6. The molecule has 0 aliphatic rings. The Balaban J connectivity index is 4.60. The Labute approximate surface area is 88.5 Å². The Morgan fingerprint density at radius 1 is 1.07 bits per heavy atom. The van der Waals surface area contributed by atoms with Crippen LogP contribution in [0.4, 0.5) is 0 Å². The second-order valence-corrected chi connectivity index (χ2v) is 5.75. The van der Waals surface area contributed by atoms with Crippen LogP contribution in [0.25, 0.3) is 0 Å². The molecule has 1 amide bonds. The zero-order chi connectivity index (χ0) is 11.5. The highest BCUT2D eigenvalue weighted by molar-refractivity contribution is 5.79. The van der Waals surface area contributed by atoms with E-state index in [9.17, 15) is 4.79 Å². The van der Waals surface area contributed by atoms with Crippen LogP contribution in [0, 0.1) is 17.3 Å². The number of carbonyl (C=O) groups is 1. The van der Waals surface area contributed by atoms with Crippen LogP contribution in [0.15, 0.2) is 0 Å². The molecule has 0 radical (unpaired) electrons. The first-order valence-electron chi connectivity index (χ1n) is 5.46. The van der Waals surface area contributed by atoms with Gasteiger partial charge in [-0.25, -0.2) is 0 Å². The Hall–Kier alpha value is -0.530. The van der Waals surface area contributed by atoms with Crippen LogP contribution in [-0.2, 0) is 4.79 Å². The third-order valence-electron chi connectivity index (χ3n) is 2.31. The molecule has 0 bridgehead atoms. The van der Waals surface area contributed by atoms with Crippen LogP contribution < -0.4 is 5.32 Å². The summed E-state index contributed by atoms with van der Waals surface area (Å²) in [6, 6.07) is 0.228. The molecular weight excluding hydrogens is 174 g/mol. The summed E-state index contributed by atoms with van der Waals surface area (Å²) in [5, 5.41) is 2.99. The van der Waals surface area contributed by atoms with E-state index in [-0.39, 0.29) is 23.3 Å². The fourth-order valence-corrected chi connectivity index (χ4v) is 2.07. The molecule has 0 aromatic rings. The van der Waals surface area contributed by atoms with E-state index in [4.69, 9.17) is 0 Å². The molecular formula is C12H25NO. The standard InChI is InChI=1S/C12H25NO/c1-8(2)10(12(5,6)7)11(14)13-9(3)4/h8-10H,1-7H3,(H,13,14). The zero-order valence-corrected chi connectivity index (χ0v) is 10.6. The quantitative estimate of drug-likeness (QED) is 0.744.